The fourth-order valence-electron chi connectivity index (χ4n) is 4.51. The van der Waals surface area contributed by atoms with E-state index in [1.807, 2.05) is 0 Å². The number of fused-ring (bicyclic) bond motifs is 1. The lowest BCUT2D eigenvalue weighted by molar-refractivity contribution is 0.578. The number of hydrogen-bond donors (Lipinski definition) is 0. The van der Waals surface area contributed by atoms with Gasteiger partial charge in [0.05, 0.1) is 5.69 Å². The Balaban J connectivity index is 2.02. The predicted molar refractivity (Wildman–Crippen MR) is 111 cm³/mol. The van der Waals surface area contributed by atoms with Crippen molar-refractivity contribution in [1.82, 2.24) is 4.57 Å². The van der Waals surface area contributed by atoms with Gasteiger partial charge in [-0.05, 0) is 48.8 Å². The van der Waals surface area contributed by atoms with Crippen LogP contribution in [0.5, 0.6) is 0 Å². The van der Waals surface area contributed by atoms with Crippen molar-refractivity contribution < 1.29 is 0 Å². The zero-order valence-electron chi connectivity index (χ0n) is 15.9. The Bertz CT molecular complexity index is 786. The quantitative estimate of drug-likeness (QED) is 0.486. The molecule has 4 rings (SSSR count). The van der Waals surface area contributed by atoms with Gasteiger partial charge >= 0.3 is 0 Å². The Labute approximate surface area is 157 Å². The molecule has 1 heteroatoms. The first-order valence-electron chi connectivity index (χ1n) is 10.2. The van der Waals surface area contributed by atoms with Crippen LogP contribution in [0, 0.1) is 0 Å². The van der Waals surface area contributed by atoms with Gasteiger partial charge in [0, 0.05) is 17.8 Å². The van der Waals surface area contributed by atoms with Crippen molar-refractivity contribution in [1.29, 1.82) is 0 Å². The highest BCUT2D eigenvalue weighted by molar-refractivity contribution is 5.85. The number of rotatable bonds is 4. The molecule has 2 aromatic carbocycles. The van der Waals surface area contributed by atoms with Gasteiger partial charge in [-0.25, -0.2) is 0 Å². The van der Waals surface area contributed by atoms with Crippen LogP contribution in [-0.2, 0) is 19.4 Å². The molecule has 0 spiro atoms. The zero-order chi connectivity index (χ0) is 17.8. The van der Waals surface area contributed by atoms with Crippen LogP contribution in [0.3, 0.4) is 0 Å². The summed E-state index contributed by atoms with van der Waals surface area (Å²) in [4.78, 5) is 0. The molecule has 0 fully saturated rings. The minimum Gasteiger partial charge on any atom is -0.344 e. The molecule has 0 aliphatic heterocycles. The van der Waals surface area contributed by atoms with Crippen molar-refractivity contribution in [3.8, 4) is 22.4 Å². The molecule has 0 amide bonds. The first kappa shape index (κ1) is 17.1. The third kappa shape index (κ3) is 3.23. The van der Waals surface area contributed by atoms with Gasteiger partial charge in [0.25, 0.3) is 0 Å². The average molecular weight is 344 g/mol. The molecule has 1 heterocycles. The molecule has 0 saturated carbocycles. The molecule has 134 valence electrons. The van der Waals surface area contributed by atoms with E-state index in [0.29, 0.717) is 0 Å². The molecule has 1 nitrogen and oxygen atoms in total. The van der Waals surface area contributed by atoms with Crippen LogP contribution in [0.4, 0.5) is 0 Å². The summed E-state index contributed by atoms with van der Waals surface area (Å²) in [5.41, 5.74) is 8.87. The van der Waals surface area contributed by atoms with Crippen LogP contribution >= 0.6 is 0 Å². The van der Waals surface area contributed by atoms with Crippen LogP contribution in [0.1, 0.15) is 50.3 Å². The molecular weight excluding hydrogens is 314 g/mol. The monoisotopic (exact) mass is 343 g/mol. The fourth-order valence-corrected chi connectivity index (χ4v) is 4.51. The lowest BCUT2D eigenvalue weighted by atomic mass is 9.91. The summed E-state index contributed by atoms with van der Waals surface area (Å²) in [5.74, 6) is 0. The van der Waals surface area contributed by atoms with E-state index in [9.17, 15) is 0 Å². The number of nitrogens with zero attached hydrogens (tertiary/aromatic N) is 1. The highest BCUT2D eigenvalue weighted by Gasteiger charge is 2.24. The highest BCUT2D eigenvalue weighted by atomic mass is 15.0. The van der Waals surface area contributed by atoms with Crippen molar-refractivity contribution in [2.45, 2.75) is 58.4 Å². The number of hydrogen-bond acceptors (Lipinski definition) is 0. The second-order valence-electron chi connectivity index (χ2n) is 7.45. The van der Waals surface area contributed by atoms with Crippen molar-refractivity contribution in [2.24, 2.45) is 0 Å². The van der Waals surface area contributed by atoms with Crippen LogP contribution < -0.4 is 0 Å². The summed E-state index contributed by atoms with van der Waals surface area (Å²) in [6.07, 6.45) is 9.00. The summed E-state index contributed by atoms with van der Waals surface area (Å²) < 4.78 is 2.65. The van der Waals surface area contributed by atoms with Crippen molar-refractivity contribution in [2.75, 3.05) is 0 Å². The molecular formula is C25H29N. The summed E-state index contributed by atoms with van der Waals surface area (Å²) >= 11 is 0. The van der Waals surface area contributed by atoms with Gasteiger partial charge in [-0.2, -0.15) is 0 Å². The maximum atomic E-state index is 2.65. The standard InChI is InChI=1S/C25H29N/c1-2-19-26-23-18-12-4-3-11-17-22(23)24(20-13-7-5-8-14-20)25(26)21-15-9-6-10-16-21/h5-10,13-16H,2-4,11-12,17-19H2,1H3. The van der Waals surface area contributed by atoms with Gasteiger partial charge < -0.3 is 4.57 Å². The third-order valence-corrected chi connectivity index (χ3v) is 5.63. The van der Waals surface area contributed by atoms with Gasteiger partial charge in [-0.1, -0.05) is 80.4 Å². The number of aromatic nitrogens is 1. The molecule has 26 heavy (non-hydrogen) atoms. The minimum atomic E-state index is 1.11. The van der Waals surface area contributed by atoms with E-state index in [4.69, 9.17) is 0 Å². The molecule has 0 saturated heterocycles. The van der Waals surface area contributed by atoms with Gasteiger partial charge in [0.15, 0.2) is 0 Å². The second kappa shape index (κ2) is 7.95. The van der Waals surface area contributed by atoms with Crippen LogP contribution in [-0.4, -0.2) is 4.57 Å². The van der Waals surface area contributed by atoms with E-state index in [0.717, 1.165) is 6.54 Å². The molecule has 0 radical (unpaired) electrons. The van der Waals surface area contributed by atoms with Gasteiger partial charge in [0.2, 0.25) is 0 Å². The first-order chi connectivity index (χ1) is 12.9. The van der Waals surface area contributed by atoms with Crippen LogP contribution in [0.25, 0.3) is 22.4 Å². The van der Waals surface area contributed by atoms with Gasteiger partial charge in [-0.15, -0.1) is 0 Å². The molecule has 1 aromatic heterocycles. The highest BCUT2D eigenvalue weighted by Crippen LogP contribution is 2.41. The molecule has 1 aliphatic carbocycles. The molecule has 0 unspecified atom stereocenters. The van der Waals surface area contributed by atoms with Crippen molar-refractivity contribution in [3.05, 3.63) is 71.9 Å². The van der Waals surface area contributed by atoms with E-state index in [-0.39, 0.29) is 0 Å². The summed E-state index contributed by atoms with van der Waals surface area (Å²) in [6.45, 7) is 3.41. The Morgan fingerprint density at radius 2 is 1.35 bits per heavy atom. The smallest absolute Gasteiger partial charge is 0.0565 e. The summed E-state index contributed by atoms with van der Waals surface area (Å²) in [6, 6.07) is 22.1. The Hall–Kier alpha value is -2.28. The Kier molecular flexibility index (Phi) is 5.24. The lowest BCUT2D eigenvalue weighted by Gasteiger charge is -2.15. The fraction of sp³-hybridized carbons (Fsp3) is 0.360. The van der Waals surface area contributed by atoms with E-state index in [2.05, 4.69) is 72.2 Å². The summed E-state index contributed by atoms with van der Waals surface area (Å²) in [7, 11) is 0. The Morgan fingerprint density at radius 3 is 2.00 bits per heavy atom. The third-order valence-electron chi connectivity index (χ3n) is 5.63. The van der Waals surface area contributed by atoms with E-state index >= 15 is 0 Å². The minimum absolute atomic E-state index is 1.11. The predicted octanol–water partition coefficient (Wildman–Crippen LogP) is 6.89. The normalized spacial score (nSPS) is 14.5. The van der Waals surface area contributed by atoms with Crippen molar-refractivity contribution in [3.63, 3.8) is 0 Å². The maximum Gasteiger partial charge on any atom is 0.0565 e. The topological polar surface area (TPSA) is 4.93 Å². The lowest BCUT2D eigenvalue weighted by Crippen LogP contribution is -2.07. The Morgan fingerprint density at radius 1 is 0.731 bits per heavy atom. The van der Waals surface area contributed by atoms with Crippen molar-refractivity contribution >= 4 is 0 Å². The number of benzene rings is 2. The second-order valence-corrected chi connectivity index (χ2v) is 7.45. The van der Waals surface area contributed by atoms with Gasteiger partial charge in [-0.3, -0.25) is 0 Å². The molecule has 0 N–H and O–H groups in total. The average Bonchev–Trinajstić information content (AvgIpc) is 2.96. The van der Waals surface area contributed by atoms with E-state index in [1.54, 1.807) is 11.3 Å². The van der Waals surface area contributed by atoms with E-state index in [1.165, 1.54) is 67.3 Å². The van der Waals surface area contributed by atoms with E-state index < -0.39 is 0 Å². The molecule has 3 aromatic rings. The maximum absolute atomic E-state index is 2.65. The zero-order valence-corrected chi connectivity index (χ0v) is 15.9. The molecule has 0 atom stereocenters. The first-order valence-corrected chi connectivity index (χ1v) is 10.2. The van der Waals surface area contributed by atoms with Crippen LogP contribution in [0.2, 0.25) is 0 Å². The molecule has 0 bridgehead atoms. The largest absolute Gasteiger partial charge is 0.344 e. The molecule has 1 aliphatic rings. The summed E-state index contributed by atoms with van der Waals surface area (Å²) in [5, 5.41) is 0. The SMILES string of the molecule is CCCn1c2c(c(-c3ccccc3)c1-c1ccccc1)CCCCCC2. The van der Waals surface area contributed by atoms with Crippen LogP contribution in [0.15, 0.2) is 60.7 Å². The van der Waals surface area contributed by atoms with Gasteiger partial charge in [0.1, 0.15) is 0 Å².